The Morgan fingerprint density at radius 3 is 2.80 bits per heavy atom. The van der Waals surface area contributed by atoms with Gasteiger partial charge in [-0.05, 0) is 37.3 Å². The van der Waals surface area contributed by atoms with E-state index < -0.39 is 0 Å². The summed E-state index contributed by atoms with van der Waals surface area (Å²) in [6, 6.07) is 4.18. The minimum Gasteiger partial charge on any atom is -0.335 e. The number of imidazole rings is 1. The van der Waals surface area contributed by atoms with Crippen LogP contribution < -0.4 is 0 Å². The van der Waals surface area contributed by atoms with E-state index >= 15 is 0 Å². The highest BCUT2D eigenvalue weighted by Gasteiger charge is 2.06. The monoisotopic (exact) mass is 242 g/mol. The van der Waals surface area contributed by atoms with E-state index in [-0.39, 0.29) is 5.82 Å². The second kappa shape index (κ2) is 3.79. The molecule has 0 saturated carbocycles. The van der Waals surface area contributed by atoms with Gasteiger partial charge < -0.3 is 4.98 Å². The first-order valence-electron chi connectivity index (χ1n) is 4.31. The molecule has 2 rings (SSSR count). The van der Waals surface area contributed by atoms with Crippen LogP contribution in [0, 0.1) is 17.5 Å². The number of nitrogens with zero attached hydrogens (tertiary/aromatic N) is 1. The van der Waals surface area contributed by atoms with Gasteiger partial charge in [-0.2, -0.15) is 0 Å². The number of halogens is 2. The van der Waals surface area contributed by atoms with Crippen molar-refractivity contribution in [2.24, 2.45) is 0 Å². The molecule has 2 aromatic rings. The topological polar surface area (TPSA) is 20.7 Å². The standard InChI is InChI=1S/C10H8ClFN2S/c1-6-5-14(10(15)13-6)9-4-7(12)2-3-8(9)11/h2-5H,1H3,(H,13,15). The van der Waals surface area contributed by atoms with Gasteiger partial charge in [0.15, 0.2) is 4.77 Å². The summed E-state index contributed by atoms with van der Waals surface area (Å²) in [5, 5.41) is 0.464. The van der Waals surface area contributed by atoms with Gasteiger partial charge in [-0.15, -0.1) is 0 Å². The van der Waals surface area contributed by atoms with Crippen molar-refractivity contribution in [2.45, 2.75) is 6.92 Å². The molecule has 0 spiro atoms. The molecule has 0 unspecified atom stereocenters. The predicted molar refractivity (Wildman–Crippen MR) is 60.7 cm³/mol. The summed E-state index contributed by atoms with van der Waals surface area (Å²) in [4.78, 5) is 2.95. The molecule has 1 aromatic heterocycles. The maximum absolute atomic E-state index is 13.1. The molecule has 1 heterocycles. The van der Waals surface area contributed by atoms with E-state index in [1.54, 1.807) is 10.8 Å². The number of aryl methyl sites for hydroxylation is 1. The van der Waals surface area contributed by atoms with Crippen molar-refractivity contribution in [1.29, 1.82) is 0 Å². The fourth-order valence-electron chi connectivity index (χ4n) is 1.36. The van der Waals surface area contributed by atoms with Crippen molar-refractivity contribution >= 4 is 23.8 Å². The number of hydrogen-bond donors (Lipinski definition) is 1. The normalized spacial score (nSPS) is 10.6. The Balaban J connectivity index is 2.68. The number of aromatic amines is 1. The Labute approximate surface area is 96.3 Å². The van der Waals surface area contributed by atoms with Crippen molar-refractivity contribution in [2.75, 3.05) is 0 Å². The van der Waals surface area contributed by atoms with Crippen LogP contribution in [-0.2, 0) is 0 Å². The van der Waals surface area contributed by atoms with E-state index in [1.165, 1.54) is 18.2 Å². The van der Waals surface area contributed by atoms with Crippen molar-refractivity contribution in [1.82, 2.24) is 9.55 Å². The van der Waals surface area contributed by atoms with E-state index in [2.05, 4.69) is 4.98 Å². The van der Waals surface area contributed by atoms with Gasteiger partial charge in [0.2, 0.25) is 0 Å². The van der Waals surface area contributed by atoms with Crippen molar-refractivity contribution < 1.29 is 4.39 Å². The average molecular weight is 243 g/mol. The summed E-state index contributed by atoms with van der Waals surface area (Å²) < 4.78 is 15.2. The van der Waals surface area contributed by atoms with Crippen molar-refractivity contribution in [3.63, 3.8) is 0 Å². The number of aromatic nitrogens is 2. The summed E-state index contributed by atoms with van der Waals surface area (Å²) >= 11 is 11.0. The second-order valence-corrected chi connectivity index (χ2v) is 4.00. The molecule has 0 bridgehead atoms. The third-order valence-electron chi connectivity index (χ3n) is 2.01. The van der Waals surface area contributed by atoms with E-state index in [1.807, 2.05) is 6.92 Å². The zero-order valence-electron chi connectivity index (χ0n) is 7.92. The summed E-state index contributed by atoms with van der Waals surface area (Å²) in [5.74, 6) is -0.338. The van der Waals surface area contributed by atoms with Crippen LogP contribution >= 0.6 is 23.8 Å². The van der Waals surface area contributed by atoms with E-state index in [9.17, 15) is 4.39 Å². The Morgan fingerprint density at radius 1 is 1.47 bits per heavy atom. The van der Waals surface area contributed by atoms with Crippen LogP contribution in [0.25, 0.3) is 5.69 Å². The van der Waals surface area contributed by atoms with Gasteiger partial charge in [0.25, 0.3) is 0 Å². The number of benzene rings is 1. The zero-order valence-corrected chi connectivity index (χ0v) is 9.49. The summed E-state index contributed by atoms with van der Waals surface area (Å²) in [6.45, 7) is 1.87. The molecule has 0 amide bonds. The Bertz CT molecular complexity index is 559. The first-order valence-corrected chi connectivity index (χ1v) is 5.10. The SMILES string of the molecule is Cc1cn(-c2cc(F)ccc2Cl)c(=S)[nH]1. The smallest absolute Gasteiger partial charge is 0.182 e. The molecule has 0 aliphatic rings. The first-order chi connectivity index (χ1) is 7.08. The Morgan fingerprint density at radius 2 is 2.20 bits per heavy atom. The summed E-state index contributed by atoms with van der Waals surface area (Å²) in [7, 11) is 0. The molecule has 1 N–H and O–H groups in total. The maximum Gasteiger partial charge on any atom is 0.182 e. The van der Waals surface area contributed by atoms with Crippen LogP contribution in [0.4, 0.5) is 4.39 Å². The molecule has 0 saturated heterocycles. The second-order valence-electron chi connectivity index (χ2n) is 3.21. The zero-order chi connectivity index (χ0) is 11.0. The molecule has 0 aliphatic heterocycles. The third kappa shape index (κ3) is 1.96. The highest BCUT2D eigenvalue weighted by Crippen LogP contribution is 2.22. The quantitative estimate of drug-likeness (QED) is 0.758. The van der Waals surface area contributed by atoms with Crippen molar-refractivity contribution in [3.05, 3.63) is 45.7 Å². The number of hydrogen-bond acceptors (Lipinski definition) is 1. The lowest BCUT2D eigenvalue weighted by molar-refractivity contribution is 0.626. The first kappa shape index (κ1) is 10.4. The molecule has 5 heteroatoms. The van der Waals surface area contributed by atoms with Gasteiger partial charge in [-0.1, -0.05) is 11.6 Å². The van der Waals surface area contributed by atoms with Crippen LogP contribution in [0.3, 0.4) is 0 Å². The predicted octanol–water partition coefficient (Wildman–Crippen LogP) is 3.64. The molecule has 1 aromatic carbocycles. The fourth-order valence-corrected chi connectivity index (χ4v) is 1.88. The minimum atomic E-state index is -0.338. The fraction of sp³-hybridized carbons (Fsp3) is 0.100. The number of rotatable bonds is 1. The lowest BCUT2D eigenvalue weighted by Crippen LogP contribution is -1.94. The average Bonchev–Trinajstić information content (AvgIpc) is 2.50. The summed E-state index contributed by atoms with van der Waals surface area (Å²) in [5.41, 5.74) is 1.45. The minimum absolute atomic E-state index is 0.338. The molecule has 0 aliphatic carbocycles. The van der Waals surface area contributed by atoms with E-state index in [0.717, 1.165) is 5.69 Å². The summed E-state index contributed by atoms with van der Waals surface area (Å²) in [6.07, 6.45) is 1.78. The van der Waals surface area contributed by atoms with Gasteiger partial charge in [-0.25, -0.2) is 4.39 Å². The maximum atomic E-state index is 13.1. The highest BCUT2D eigenvalue weighted by molar-refractivity contribution is 7.71. The molecule has 2 nitrogen and oxygen atoms in total. The largest absolute Gasteiger partial charge is 0.335 e. The lowest BCUT2D eigenvalue weighted by atomic mass is 10.3. The van der Waals surface area contributed by atoms with E-state index in [0.29, 0.717) is 15.5 Å². The molecule has 0 atom stereocenters. The molecule has 0 radical (unpaired) electrons. The number of H-pyrrole nitrogens is 1. The van der Waals surface area contributed by atoms with Crippen LogP contribution in [0.2, 0.25) is 5.02 Å². The van der Waals surface area contributed by atoms with Gasteiger partial charge in [0.1, 0.15) is 5.82 Å². The van der Waals surface area contributed by atoms with Gasteiger partial charge in [-0.3, -0.25) is 4.57 Å². The van der Waals surface area contributed by atoms with Crippen molar-refractivity contribution in [3.8, 4) is 5.69 Å². The van der Waals surface area contributed by atoms with Gasteiger partial charge >= 0.3 is 0 Å². The van der Waals surface area contributed by atoms with E-state index in [4.69, 9.17) is 23.8 Å². The molecule has 0 fully saturated rings. The Kier molecular flexibility index (Phi) is 2.63. The Hall–Kier alpha value is -1.13. The molecule has 15 heavy (non-hydrogen) atoms. The van der Waals surface area contributed by atoms with Crippen LogP contribution in [0.1, 0.15) is 5.69 Å². The van der Waals surface area contributed by atoms with Crippen LogP contribution in [0.15, 0.2) is 24.4 Å². The van der Waals surface area contributed by atoms with Gasteiger partial charge in [0.05, 0.1) is 10.7 Å². The van der Waals surface area contributed by atoms with Crippen LogP contribution in [-0.4, -0.2) is 9.55 Å². The van der Waals surface area contributed by atoms with Crippen LogP contribution in [0.5, 0.6) is 0 Å². The van der Waals surface area contributed by atoms with Gasteiger partial charge in [0, 0.05) is 11.9 Å². The third-order valence-corrected chi connectivity index (χ3v) is 2.63. The molecule has 78 valence electrons. The highest BCUT2D eigenvalue weighted by atomic mass is 35.5. The molecular formula is C10H8ClFN2S. The lowest BCUT2D eigenvalue weighted by Gasteiger charge is -2.04. The molecular weight excluding hydrogens is 235 g/mol. The number of nitrogens with one attached hydrogen (secondary N) is 1.